The molecule has 1 saturated heterocycles. The Hall–Kier alpha value is -2.35. The van der Waals surface area contributed by atoms with Crippen LogP contribution < -0.4 is 0 Å². The number of benzene rings is 1. The zero-order valence-corrected chi connectivity index (χ0v) is 17.7. The summed E-state index contributed by atoms with van der Waals surface area (Å²) in [7, 11) is 0. The van der Waals surface area contributed by atoms with Gasteiger partial charge in [-0.2, -0.15) is 13.2 Å². The largest absolute Gasteiger partial charge is 0.471 e. The first-order chi connectivity index (χ1) is 14.6. The lowest BCUT2D eigenvalue weighted by Gasteiger charge is -2.40. The van der Waals surface area contributed by atoms with E-state index in [0.29, 0.717) is 26.1 Å². The van der Waals surface area contributed by atoms with Gasteiger partial charge >= 0.3 is 18.1 Å². The summed E-state index contributed by atoms with van der Waals surface area (Å²) in [5.74, 6) is -2.57. The van der Waals surface area contributed by atoms with Crippen molar-refractivity contribution in [2.75, 3.05) is 13.2 Å². The molecule has 0 spiro atoms. The van der Waals surface area contributed by atoms with Gasteiger partial charge in [-0.25, -0.2) is 0 Å². The second kappa shape index (κ2) is 9.42. The fraction of sp³-hybridized carbons (Fsp3) is 0.565. The predicted octanol–water partition coefficient (Wildman–Crippen LogP) is 4.27. The molecule has 1 aliphatic carbocycles. The van der Waals surface area contributed by atoms with E-state index in [0.717, 1.165) is 10.5 Å². The first kappa shape index (κ1) is 23.3. The van der Waals surface area contributed by atoms with Gasteiger partial charge in [0.2, 0.25) is 0 Å². The van der Waals surface area contributed by atoms with Crippen LogP contribution in [0.5, 0.6) is 0 Å². The molecule has 1 aromatic carbocycles. The first-order valence-corrected chi connectivity index (χ1v) is 10.5. The number of esters is 1. The Morgan fingerprint density at radius 3 is 2.42 bits per heavy atom. The molecule has 31 heavy (non-hydrogen) atoms. The number of alkyl halides is 3. The molecule has 8 heteroatoms. The van der Waals surface area contributed by atoms with Gasteiger partial charge in [0, 0.05) is 19.3 Å². The molecule has 0 unspecified atom stereocenters. The number of hydrogen-bond donors (Lipinski definition) is 0. The monoisotopic (exact) mass is 439 g/mol. The summed E-state index contributed by atoms with van der Waals surface area (Å²) < 4.78 is 51.0. The second-order valence-electron chi connectivity index (χ2n) is 8.44. The topological polar surface area (TPSA) is 55.8 Å². The molecule has 1 heterocycles. The molecule has 1 aromatic rings. The molecule has 0 N–H and O–H groups in total. The van der Waals surface area contributed by atoms with E-state index in [-0.39, 0.29) is 18.9 Å². The van der Waals surface area contributed by atoms with Gasteiger partial charge in [0.1, 0.15) is 6.61 Å². The summed E-state index contributed by atoms with van der Waals surface area (Å²) in [5, 5.41) is 0. The van der Waals surface area contributed by atoms with Crippen LogP contribution >= 0.6 is 0 Å². The third kappa shape index (κ3) is 5.11. The SMILES string of the molecule is CC(C)[C@]1(C(=O)OCc2ccccc2)C=C[C@@H](N(C(=O)C(F)(F)F)C2CCOCC2)C1. The highest BCUT2D eigenvalue weighted by Crippen LogP contribution is 2.44. The van der Waals surface area contributed by atoms with Gasteiger partial charge < -0.3 is 14.4 Å². The predicted molar refractivity (Wildman–Crippen MR) is 108 cm³/mol. The van der Waals surface area contributed by atoms with Crippen molar-refractivity contribution in [3.05, 3.63) is 48.0 Å². The number of ether oxygens (including phenoxy) is 2. The fourth-order valence-corrected chi connectivity index (χ4v) is 4.33. The summed E-state index contributed by atoms with van der Waals surface area (Å²) in [4.78, 5) is 26.3. The summed E-state index contributed by atoms with van der Waals surface area (Å²) in [5.41, 5.74) is -0.265. The molecule has 1 fully saturated rings. The molecule has 0 saturated carbocycles. The first-order valence-electron chi connectivity index (χ1n) is 10.5. The third-order valence-electron chi connectivity index (χ3n) is 6.20. The number of nitrogens with zero attached hydrogens (tertiary/aromatic N) is 1. The van der Waals surface area contributed by atoms with Crippen LogP contribution in [0.25, 0.3) is 0 Å². The Bertz CT molecular complexity index is 803. The number of hydrogen-bond acceptors (Lipinski definition) is 4. The Balaban J connectivity index is 1.80. The maximum absolute atomic E-state index is 13.4. The van der Waals surface area contributed by atoms with Gasteiger partial charge in [0.15, 0.2) is 0 Å². The molecule has 3 rings (SSSR count). The highest BCUT2D eigenvalue weighted by atomic mass is 19.4. The minimum Gasteiger partial charge on any atom is -0.460 e. The molecule has 2 atom stereocenters. The van der Waals surface area contributed by atoms with E-state index in [1.807, 2.05) is 44.2 Å². The van der Waals surface area contributed by atoms with E-state index < -0.39 is 35.6 Å². The van der Waals surface area contributed by atoms with Crippen molar-refractivity contribution in [2.45, 2.75) is 58.0 Å². The van der Waals surface area contributed by atoms with Crippen molar-refractivity contribution < 1.29 is 32.2 Å². The molecular weight excluding hydrogens is 411 g/mol. The average molecular weight is 439 g/mol. The standard InChI is InChI=1S/C23H28F3NO4/c1-16(2)22(21(29)31-15-17-6-4-3-5-7-17)11-8-19(14-22)27(20(28)23(24,25)26)18-9-12-30-13-10-18/h3-8,11,16,18-19H,9-10,12-15H2,1-2H3/t19-,22+/m1/s1. The maximum Gasteiger partial charge on any atom is 0.471 e. The van der Waals surface area contributed by atoms with Crippen molar-refractivity contribution >= 4 is 11.9 Å². The van der Waals surface area contributed by atoms with E-state index in [2.05, 4.69) is 0 Å². The van der Waals surface area contributed by atoms with Crippen LogP contribution in [0.1, 0.15) is 38.7 Å². The highest BCUT2D eigenvalue weighted by Gasteiger charge is 2.52. The van der Waals surface area contributed by atoms with E-state index in [1.54, 1.807) is 12.2 Å². The molecule has 2 aliphatic rings. The maximum atomic E-state index is 13.4. The van der Waals surface area contributed by atoms with E-state index >= 15 is 0 Å². The fourth-order valence-electron chi connectivity index (χ4n) is 4.33. The summed E-state index contributed by atoms with van der Waals surface area (Å²) >= 11 is 0. The Kier molecular flexibility index (Phi) is 7.09. The molecule has 1 amide bonds. The van der Waals surface area contributed by atoms with E-state index in [4.69, 9.17) is 9.47 Å². The summed E-state index contributed by atoms with van der Waals surface area (Å²) in [6.45, 7) is 4.36. The quantitative estimate of drug-likeness (QED) is 0.491. The zero-order valence-electron chi connectivity index (χ0n) is 17.7. The number of carbonyl (C=O) groups excluding carboxylic acids is 2. The average Bonchev–Trinajstić information content (AvgIpc) is 3.19. The zero-order chi connectivity index (χ0) is 22.6. The van der Waals surface area contributed by atoms with Gasteiger partial charge in [-0.15, -0.1) is 0 Å². The van der Waals surface area contributed by atoms with Crippen LogP contribution in [0, 0.1) is 11.3 Å². The van der Waals surface area contributed by atoms with Crippen molar-refractivity contribution in [3.8, 4) is 0 Å². The third-order valence-corrected chi connectivity index (χ3v) is 6.20. The van der Waals surface area contributed by atoms with E-state index in [9.17, 15) is 22.8 Å². The molecule has 170 valence electrons. The number of halogens is 3. The van der Waals surface area contributed by atoms with Crippen LogP contribution in [-0.2, 0) is 25.7 Å². The number of amides is 1. The molecule has 0 aromatic heterocycles. The van der Waals surface area contributed by atoms with Gasteiger partial charge in [-0.05, 0) is 30.7 Å². The number of carbonyl (C=O) groups is 2. The lowest BCUT2D eigenvalue weighted by molar-refractivity contribution is -0.192. The Labute approximate surface area is 180 Å². The number of rotatable bonds is 6. The molecule has 1 aliphatic heterocycles. The smallest absolute Gasteiger partial charge is 0.460 e. The molecule has 5 nitrogen and oxygen atoms in total. The van der Waals surface area contributed by atoms with Gasteiger partial charge in [-0.3, -0.25) is 9.59 Å². The molecule has 0 bridgehead atoms. The summed E-state index contributed by atoms with van der Waals surface area (Å²) in [6, 6.07) is 7.77. The Morgan fingerprint density at radius 1 is 1.19 bits per heavy atom. The van der Waals surface area contributed by atoms with Gasteiger partial charge in [0.05, 0.1) is 11.5 Å². The van der Waals surface area contributed by atoms with Crippen LogP contribution in [0.4, 0.5) is 13.2 Å². The second-order valence-corrected chi connectivity index (χ2v) is 8.44. The minimum absolute atomic E-state index is 0.0669. The van der Waals surface area contributed by atoms with Crippen molar-refractivity contribution in [2.24, 2.45) is 11.3 Å². The van der Waals surface area contributed by atoms with Crippen molar-refractivity contribution in [3.63, 3.8) is 0 Å². The van der Waals surface area contributed by atoms with Gasteiger partial charge in [-0.1, -0.05) is 56.3 Å². The van der Waals surface area contributed by atoms with Crippen molar-refractivity contribution in [1.82, 2.24) is 4.90 Å². The molecule has 0 radical (unpaired) electrons. The highest BCUT2D eigenvalue weighted by molar-refractivity contribution is 5.84. The van der Waals surface area contributed by atoms with Gasteiger partial charge in [0.25, 0.3) is 0 Å². The summed E-state index contributed by atoms with van der Waals surface area (Å²) in [6.07, 6.45) is -1.06. The minimum atomic E-state index is -4.98. The molecular formula is C23H28F3NO4. The normalized spacial score (nSPS) is 24.4. The van der Waals surface area contributed by atoms with E-state index in [1.165, 1.54) is 0 Å². The van der Waals surface area contributed by atoms with Crippen LogP contribution in [0.2, 0.25) is 0 Å². The van der Waals surface area contributed by atoms with Crippen LogP contribution in [0.3, 0.4) is 0 Å². The van der Waals surface area contributed by atoms with Crippen molar-refractivity contribution in [1.29, 1.82) is 0 Å². The van der Waals surface area contributed by atoms with Crippen LogP contribution in [0.15, 0.2) is 42.5 Å². The Morgan fingerprint density at radius 2 is 1.84 bits per heavy atom. The lowest BCUT2D eigenvalue weighted by atomic mass is 9.76. The lowest BCUT2D eigenvalue weighted by Crippen LogP contribution is -2.54. The van der Waals surface area contributed by atoms with Crippen LogP contribution in [-0.4, -0.2) is 48.3 Å².